The molecule has 2 heterocycles. The Bertz CT molecular complexity index is 877. The minimum atomic E-state index is -0.264. The number of benzene rings is 2. The van der Waals surface area contributed by atoms with Crippen LogP contribution in [-0.4, -0.2) is 68.2 Å². The van der Waals surface area contributed by atoms with Crippen LogP contribution < -0.4 is 5.32 Å². The van der Waals surface area contributed by atoms with E-state index in [1.165, 1.54) is 11.6 Å². The van der Waals surface area contributed by atoms with Gasteiger partial charge in [0.15, 0.2) is 0 Å². The molecule has 0 atom stereocenters. The molecule has 2 aromatic carbocycles. The molecule has 0 saturated carbocycles. The summed E-state index contributed by atoms with van der Waals surface area (Å²) >= 11 is 6.16. The number of halogens is 2. The molecule has 7 heteroatoms. The van der Waals surface area contributed by atoms with E-state index >= 15 is 0 Å². The maximum atomic E-state index is 14.1. The number of piperazine rings is 1. The topological polar surface area (TPSA) is 44.8 Å². The fourth-order valence-electron chi connectivity index (χ4n) is 4.66. The van der Waals surface area contributed by atoms with Gasteiger partial charge in [-0.25, -0.2) is 4.39 Å². The molecule has 4 rings (SSSR count). The summed E-state index contributed by atoms with van der Waals surface area (Å²) in [5.74, 6) is -0.211. The van der Waals surface area contributed by atoms with E-state index in [0.29, 0.717) is 30.2 Å². The number of nitrogens with zero attached hydrogens (tertiary/aromatic N) is 2. The van der Waals surface area contributed by atoms with Gasteiger partial charge in [0, 0.05) is 68.5 Å². The van der Waals surface area contributed by atoms with Gasteiger partial charge < -0.3 is 10.1 Å². The summed E-state index contributed by atoms with van der Waals surface area (Å²) < 4.78 is 19.6. The highest BCUT2D eigenvalue weighted by Crippen LogP contribution is 2.34. The number of hydrogen-bond donors (Lipinski definition) is 1. The summed E-state index contributed by atoms with van der Waals surface area (Å²) in [5.41, 5.74) is 1.75. The predicted octanol–water partition coefficient (Wildman–Crippen LogP) is 3.46. The average molecular weight is 460 g/mol. The number of carbonyl (C=O) groups excluding carboxylic acids is 1. The van der Waals surface area contributed by atoms with Gasteiger partial charge in [0.25, 0.3) is 0 Å². The molecule has 0 spiro atoms. The summed E-state index contributed by atoms with van der Waals surface area (Å²) in [6.07, 6.45) is 1.82. The molecule has 2 fully saturated rings. The zero-order chi connectivity index (χ0) is 22.4. The van der Waals surface area contributed by atoms with Crippen LogP contribution in [0.25, 0.3) is 0 Å². The Morgan fingerprint density at radius 2 is 1.69 bits per heavy atom. The first-order chi connectivity index (χ1) is 15.6. The van der Waals surface area contributed by atoms with E-state index < -0.39 is 0 Å². The van der Waals surface area contributed by atoms with Crippen LogP contribution in [0.1, 0.15) is 24.0 Å². The molecule has 0 bridgehead atoms. The molecular formula is C25H31ClFN3O2. The summed E-state index contributed by atoms with van der Waals surface area (Å²) in [6.45, 7) is 6.06. The van der Waals surface area contributed by atoms with Gasteiger partial charge >= 0.3 is 0 Å². The highest BCUT2D eigenvalue weighted by molar-refractivity contribution is 6.31. The summed E-state index contributed by atoms with van der Waals surface area (Å²) in [6, 6.07) is 15.2. The summed E-state index contributed by atoms with van der Waals surface area (Å²) in [7, 11) is 0. The van der Waals surface area contributed by atoms with Gasteiger partial charge in [0.05, 0.1) is 6.54 Å². The standard InChI is InChI=1S/C25H31ClFN3O2/c26-22-7-4-8-23(27)21(22)17-29-11-13-30(14-12-29)18-24(31)28-19-25(9-15-32-16-10-25)20-5-2-1-3-6-20/h1-8H,9-19H2,(H,28,31). The first-order valence-corrected chi connectivity index (χ1v) is 11.7. The Balaban J connectivity index is 1.26. The van der Waals surface area contributed by atoms with E-state index in [1.807, 2.05) is 6.07 Å². The molecule has 1 N–H and O–H groups in total. The maximum Gasteiger partial charge on any atom is 0.234 e. The average Bonchev–Trinajstić information content (AvgIpc) is 2.82. The number of nitrogens with one attached hydrogen (secondary N) is 1. The van der Waals surface area contributed by atoms with Crippen molar-refractivity contribution in [2.24, 2.45) is 0 Å². The van der Waals surface area contributed by atoms with Crippen molar-refractivity contribution >= 4 is 17.5 Å². The Hall–Kier alpha value is -1.99. The van der Waals surface area contributed by atoms with Crippen molar-refractivity contribution in [3.8, 4) is 0 Å². The summed E-state index contributed by atoms with van der Waals surface area (Å²) in [4.78, 5) is 17.1. The fourth-order valence-corrected chi connectivity index (χ4v) is 4.88. The van der Waals surface area contributed by atoms with Crippen LogP contribution in [0, 0.1) is 5.82 Å². The molecule has 0 radical (unpaired) electrons. The number of hydrogen-bond acceptors (Lipinski definition) is 4. The highest BCUT2D eigenvalue weighted by atomic mass is 35.5. The molecular weight excluding hydrogens is 429 g/mol. The molecule has 2 aromatic rings. The van der Waals surface area contributed by atoms with Crippen LogP contribution >= 0.6 is 11.6 Å². The minimum absolute atomic E-state index is 0.0531. The van der Waals surface area contributed by atoms with Crippen molar-refractivity contribution in [3.05, 3.63) is 70.5 Å². The first-order valence-electron chi connectivity index (χ1n) is 11.3. The van der Waals surface area contributed by atoms with Gasteiger partial charge in [-0.05, 0) is 30.5 Å². The lowest BCUT2D eigenvalue weighted by Crippen LogP contribution is -2.51. The van der Waals surface area contributed by atoms with Gasteiger partial charge in [-0.2, -0.15) is 0 Å². The lowest BCUT2D eigenvalue weighted by atomic mass is 9.74. The van der Waals surface area contributed by atoms with Gasteiger partial charge in [-0.1, -0.05) is 48.0 Å². The normalized spacial score (nSPS) is 19.6. The van der Waals surface area contributed by atoms with Crippen molar-refractivity contribution in [3.63, 3.8) is 0 Å². The minimum Gasteiger partial charge on any atom is -0.381 e. The van der Waals surface area contributed by atoms with Crippen LogP contribution in [0.15, 0.2) is 48.5 Å². The highest BCUT2D eigenvalue weighted by Gasteiger charge is 2.35. The van der Waals surface area contributed by atoms with Crippen molar-refractivity contribution < 1.29 is 13.9 Å². The molecule has 2 saturated heterocycles. The molecule has 5 nitrogen and oxygen atoms in total. The predicted molar refractivity (Wildman–Crippen MR) is 124 cm³/mol. The summed E-state index contributed by atoms with van der Waals surface area (Å²) in [5, 5.41) is 3.65. The molecule has 1 amide bonds. The number of amides is 1. The Labute approximate surface area is 194 Å². The number of rotatable bonds is 7. The Kier molecular flexibility index (Phi) is 7.79. The molecule has 32 heavy (non-hydrogen) atoms. The van der Waals surface area contributed by atoms with E-state index in [1.54, 1.807) is 12.1 Å². The van der Waals surface area contributed by atoms with Gasteiger partial charge in [0.1, 0.15) is 5.82 Å². The first kappa shape index (κ1) is 23.2. The largest absolute Gasteiger partial charge is 0.381 e. The third kappa shape index (κ3) is 5.67. The Morgan fingerprint density at radius 3 is 2.38 bits per heavy atom. The lowest BCUT2D eigenvalue weighted by Gasteiger charge is -2.38. The van der Waals surface area contributed by atoms with E-state index in [4.69, 9.17) is 16.3 Å². The second-order valence-electron chi connectivity index (χ2n) is 8.79. The third-order valence-corrected chi connectivity index (χ3v) is 7.09. The zero-order valence-electron chi connectivity index (χ0n) is 18.4. The Morgan fingerprint density at radius 1 is 1.00 bits per heavy atom. The molecule has 172 valence electrons. The van der Waals surface area contributed by atoms with Crippen molar-refractivity contribution in [1.29, 1.82) is 0 Å². The quantitative estimate of drug-likeness (QED) is 0.688. The SMILES string of the molecule is O=C(CN1CCN(Cc2c(F)cccc2Cl)CC1)NCC1(c2ccccc2)CCOCC1. The van der Waals surface area contributed by atoms with E-state index in [9.17, 15) is 9.18 Å². The van der Waals surface area contributed by atoms with Gasteiger partial charge in [0.2, 0.25) is 5.91 Å². The number of carbonyl (C=O) groups is 1. The van der Waals surface area contributed by atoms with Gasteiger partial charge in [-0.3, -0.25) is 14.6 Å². The smallest absolute Gasteiger partial charge is 0.234 e. The van der Waals surface area contributed by atoms with E-state index in [2.05, 4.69) is 39.4 Å². The van der Waals surface area contributed by atoms with Gasteiger partial charge in [-0.15, -0.1) is 0 Å². The van der Waals surface area contributed by atoms with Crippen LogP contribution in [0.3, 0.4) is 0 Å². The van der Waals surface area contributed by atoms with Crippen LogP contribution in [0.4, 0.5) is 4.39 Å². The fraction of sp³-hybridized carbons (Fsp3) is 0.480. The monoisotopic (exact) mass is 459 g/mol. The van der Waals surface area contributed by atoms with Crippen LogP contribution in [-0.2, 0) is 21.5 Å². The maximum absolute atomic E-state index is 14.1. The van der Waals surface area contributed by atoms with Crippen molar-refractivity contribution in [2.75, 3.05) is 52.5 Å². The molecule has 0 aromatic heterocycles. The second-order valence-corrected chi connectivity index (χ2v) is 9.20. The van der Waals surface area contributed by atoms with E-state index in [0.717, 1.165) is 52.2 Å². The lowest BCUT2D eigenvalue weighted by molar-refractivity contribution is -0.123. The van der Waals surface area contributed by atoms with Crippen LogP contribution in [0.5, 0.6) is 0 Å². The van der Waals surface area contributed by atoms with Crippen LogP contribution in [0.2, 0.25) is 5.02 Å². The van der Waals surface area contributed by atoms with E-state index in [-0.39, 0.29) is 17.1 Å². The molecule has 0 unspecified atom stereocenters. The molecule has 2 aliphatic heterocycles. The second kappa shape index (κ2) is 10.8. The zero-order valence-corrected chi connectivity index (χ0v) is 19.1. The molecule has 2 aliphatic rings. The van der Waals surface area contributed by atoms with Crippen molar-refractivity contribution in [1.82, 2.24) is 15.1 Å². The third-order valence-electron chi connectivity index (χ3n) is 6.74. The molecule has 0 aliphatic carbocycles. The van der Waals surface area contributed by atoms with Crippen molar-refractivity contribution in [2.45, 2.75) is 24.8 Å². The number of ether oxygens (including phenoxy) is 1.